The third-order valence-corrected chi connectivity index (χ3v) is 1.36. The summed E-state index contributed by atoms with van der Waals surface area (Å²) in [7, 11) is 0. The highest BCUT2D eigenvalue weighted by molar-refractivity contribution is 6.35. The Hall–Kier alpha value is -0.960. The van der Waals surface area contributed by atoms with Gasteiger partial charge in [0, 0.05) is 6.20 Å². The van der Waals surface area contributed by atoms with E-state index in [4.69, 9.17) is 23.1 Å². The second-order valence-corrected chi connectivity index (χ2v) is 1.98. The Morgan fingerprint density at radius 1 is 1.44 bits per heavy atom. The molecule has 1 rings (SSSR count). The van der Waals surface area contributed by atoms with E-state index in [9.17, 15) is 0 Å². The molecule has 0 radical (unpaired) electrons. The van der Waals surface area contributed by atoms with Crippen LogP contribution < -0.4 is 11.5 Å². The Morgan fingerprint density at radius 3 is 2.56 bits per heavy atom. The monoisotopic (exact) mass is 143 g/mol. The molecule has 0 bridgehead atoms. The summed E-state index contributed by atoms with van der Waals surface area (Å²) in [6.45, 7) is 0. The molecule has 0 spiro atoms. The number of aromatic nitrogens is 1. The van der Waals surface area contributed by atoms with Crippen LogP contribution in [0.3, 0.4) is 0 Å². The highest BCUT2D eigenvalue weighted by Gasteiger charge is 1.97. The molecule has 0 aliphatic carbocycles. The summed E-state index contributed by atoms with van der Waals surface area (Å²) in [6.07, 6.45) is 1.51. The lowest BCUT2D eigenvalue weighted by molar-refractivity contribution is 1.34. The van der Waals surface area contributed by atoms with Gasteiger partial charge in [0.25, 0.3) is 0 Å². The van der Waals surface area contributed by atoms with Crippen LogP contribution in [0, 0.1) is 0 Å². The van der Waals surface area contributed by atoms with E-state index in [0.29, 0.717) is 10.7 Å². The molecule has 0 unspecified atom stereocenters. The van der Waals surface area contributed by atoms with Crippen molar-refractivity contribution in [3.8, 4) is 0 Å². The summed E-state index contributed by atoms with van der Waals surface area (Å²) in [5, 5.41) is 0.331. The number of hydrogen-bond donors (Lipinski definition) is 2. The SMILES string of the molecule is Nc1ccnc(N)c1Cl. The molecule has 9 heavy (non-hydrogen) atoms. The van der Waals surface area contributed by atoms with Crippen LogP contribution in [-0.4, -0.2) is 4.98 Å². The molecule has 48 valence electrons. The molecular formula is C5H6ClN3. The van der Waals surface area contributed by atoms with Gasteiger partial charge < -0.3 is 11.5 Å². The Balaban J connectivity index is 3.25. The standard InChI is InChI=1S/C5H6ClN3/c6-4-3(7)1-2-9-5(4)8/h1-2H,(H4,7,8,9). The number of hydrogen-bond acceptors (Lipinski definition) is 3. The van der Waals surface area contributed by atoms with E-state index < -0.39 is 0 Å². The summed E-state index contributed by atoms with van der Waals surface area (Å²) < 4.78 is 0. The third kappa shape index (κ3) is 1.05. The maximum Gasteiger partial charge on any atom is 0.144 e. The van der Waals surface area contributed by atoms with Crippen LogP contribution >= 0.6 is 11.6 Å². The van der Waals surface area contributed by atoms with Crippen molar-refractivity contribution < 1.29 is 0 Å². The van der Waals surface area contributed by atoms with E-state index in [0.717, 1.165) is 0 Å². The molecule has 1 heterocycles. The smallest absolute Gasteiger partial charge is 0.144 e. The van der Waals surface area contributed by atoms with E-state index in [1.807, 2.05) is 0 Å². The van der Waals surface area contributed by atoms with Gasteiger partial charge in [-0.1, -0.05) is 11.6 Å². The van der Waals surface area contributed by atoms with Crippen LogP contribution in [0.4, 0.5) is 11.5 Å². The quantitative estimate of drug-likeness (QED) is 0.567. The molecule has 3 nitrogen and oxygen atoms in total. The summed E-state index contributed by atoms with van der Waals surface area (Å²) in [6, 6.07) is 1.60. The average molecular weight is 144 g/mol. The minimum Gasteiger partial charge on any atom is -0.397 e. The predicted octanol–water partition coefficient (Wildman–Crippen LogP) is 0.899. The lowest BCUT2D eigenvalue weighted by Gasteiger charge is -1.97. The van der Waals surface area contributed by atoms with Gasteiger partial charge in [-0.3, -0.25) is 0 Å². The number of rotatable bonds is 0. The molecule has 0 saturated heterocycles. The van der Waals surface area contributed by atoms with Crippen LogP contribution in [0.25, 0.3) is 0 Å². The fourth-order valence-corrected chi connectivity index (χ4v) is 0.587. The summed E-state index contributed by atoms with van der Waals surface area (Å²) in [5.41, 5.74) is 11.1. The molecular weight excluding hydrogens is 138 g/mol. The molecule has 0 aliphatic heterocycles. The Labute approximate surface area is 57.6 Å². The van der Waals surface area contributed by atoms with Crippen LogP contribution in [0.5, 0.6) is 0 Å². The van der Waals surface area contributed by atoms with Crippen molar-refractivity contribution in [2.24, 2.45) is 0 Å². The maximum atomic E-state index is 5.57. The number of pyridine rings is 1. The Bertz CT molecular complexity index is 203. The van der Waals surface area contributed by atoms with Crippen molar-refractivity contribution in [3.63, 3.8) is 0 Å². The number of nitrogen functional groups attached to an aromatic ring is 2. The van der Waals surface area contributed by atoms with Crippen molar-refractivity contribution in [1.82, 2.24) is 4.98 Å². The van der Waals surface area contributed by atoms with Crippen molar-refractivity contribution >= 4 is 23.1 Å². The number of anilines is 2. The highest BCUT2D eigenvalue weighted by Crippen LogP contribution is 2.21. The van der Waals surface area contributed by atoms with Crippen molar-refractivity contribution in [3.05, 3.63) is 17.3 Å². The van der Waals surface area contributed by atoms with Gasteiger partial charge in [0.2, 0.25) is 0 Å². The first-order valence-electron chi connectivity index (χ1n) is 2.37. The summed E-state index contributed by atoms with van der Waals surface area (Å²) >= 11 is 5.57. The first kappa shape index (κ1) is 6.16. The van der Waals surface area contributed by atoms with Crippen LogP contribution in [0.15, 0.2) is 12.3 Å². The molecule has 0 fully saturated rings. The number of nitrogens with zero attached hydrogens (tertiary/aromatic N) is 1. The van der Waals surface area contributed by atoms with Gasteiger partial charge in [0.1, 0.15) is 10.8 Å². The average Bonchev–Trinajstić information content (AvgIpc) is 1.83. The second kappa shape index (κ2) is 2.11. The zero-order valence-corrected chi connectivity index (χ0v) is 5.39. The lowest BCUT2D eigenvalue weighted by atomic mass is 10.4. The first-order chi connectivity index (χ1) is 4.22. The maximum absolute atomic E-state index is 5.57. The van der Waals surface area contributed by atoms with Crippen molar-refractivity contribution in [2.75, 3.05) is 11.5 Å². The van der Waals surface area contributed by atoms with Gasteiger partial charge in [0.05, 0.1) is 5.69 Å². The minimum absolute atomic E-state index is 0.275. The zero-order chi connectivity index (χ0) is 6.85. The molecule has 0 atom stereocenters. The van der Waals surface area contributed by atoms with Crippen LogP contribution in [0.1, 0.15) is 0 Å². The van der Waals surface area contributed by atoms with E-state index in [1.54, 1.807) is 6.07 Å². The largest absolute Gasteiger partial charge is 0.397 e. The van der Waals surface area contributed by atoms with Gasteiger partial charge in [-0.05, 0) is 6.07 Å². The first-order valence-corrected chi connectivity index (χ1v) is 2.75. The molecule has 4 N–H and O–H groups in total. The highest BCUT2D eigenvalue weighted by atomic mass is 35.5. The number of nitrogens with two attached hydrogens (primary N) is 2. The van der Waals surface area contributed by atoms with Gasteiger partial charge >= 0.3 is 0 Å². The lowest BCUT2D eigenvalue weighted by Crippen LogP contribution is -1.94. The van der Waals surface area contributed by atoms with Crippen molar-refractivity contribution in [1.29, 1.82) is 0 Å². The minimum atomic E-state index is 0.275. The fraction of sp³-hybridized carbons (Fsp3) is 0. The molecule has 0 aliphatic rings. The van der Waals surface area contributed by atoms with E-state index in [1.165, 1.54) is 6.20 Å². The molecule has 0 aromatic carbocycles. The molecule has 0 amide bonds. The van der Waals surface area contributed by atoms with E-state index in [2.05, 4.69) is 4.98 Å². The fourth-order valence-electron chi connectivity index (χ4n) is 0.476. The Morgan fingerprint density at radius 2 is 2.11 bits per heavy atom. The zero-order valence-electron chi connectivity index (χ0n) is 4.63. The van der Waals surface area contributed by atoms with Gasteiger partial charge in [-0.25, -0.2) is 4.98 Å². The van der Waals surface area contributed by atoms with Gasteiger partial charge in [0.15, 0.2) is 0 Å². The molecule has 4 heteroatoms. The predicted molar refractivity (Wildman–Crippen MR) is 38.1 cm³/mol. The van der Waals surface area contributed by atoms with E-state index in [-0.39, 0.29) is 5.82 Å². The molecule has 1 aromatic rings. The topological polar surface area (TPSA) is 64.9 Å². The van der Waals surface area contributed by atoms with Crippen LogP contribution in [0.2, 0.25) is 5.02 Å². The Kier molecular flexibility index (Phi) is 1.44. The number of halogens is 1. The van der Waals surface area contributed by atoms with Gasteiger partial charge in [-0.15, -0.1) is 0 Å². The molecule has 0 saturated carbocycles. The summed E-state index contributed by atoms with van der Waals surface area (Å²) in [4.78, 5) is 3.71. The molecule has 1 aromatic heterocycles. The van der Waals surface area contributed by atoms with E-state index >= 15 is 0 Å². The normalized spacial score (nSPS) is 9.44. The van der Waals surface area contributed by atoms with Crippen LogP contribution in [-0.2, 0) is 0 Å². The van der Waals surface area contributed by atoms with Crippen molar-refractivity contribution in [2.45, 2.75) is 0 Å². The van der Waals surface area contributed by atoms with Gasteiger partial charge in [-0.2, -0.15) is 0 Å². The third-order valence-electron chi connectivity index (χ3n) is 0.946. The second-order valence-electron chi connectivity index (χ2n) is 1.60. The summed E-state index contributed by atoms with van der Waals surface area (Å²) in [5.74, 6) is 0.275.